The van der Waals surface area contributed by atoms with Crippen LogP contribution in [0.1, 0.15) is 56.8 Å². The van der Waals surface area contributed by atoms with Crippen molar-refractivity contribution in [3.05, 3.63) is 47.6 Å². The molecule has 0 spiro atoms. The number of hydrogen-bond acceptors (Lipinski definition) is 4. The van der Waals surface area contributed by atoms with Crippen LogP contribution in [0.25, 0.3) is 11.0 Å². The highest BCUT2D eigenvalue weighted by molar-refractivity contribution is 5.79. The minimum absolute atomic E-state index is 0.455. The molecule has 2 heterocycles. The number of para-hydroxylation sites is 2. The zero-order valence-corrected chi connectivity index (χ0v) is 17.0. The van der Waals surface area contributed by atoms with E-state index in [0.29, 0.717) is 12.5 Å². The maximum Gasteiger partial charge on any atom is 0.191 e. The molecule has 0 bridgehead atoms. The van der Waals surface area contributed by atoms with E-state index in [-0.39, 0.29) is 0 Å². The predicted octanol–water partition coefficient (Wildman–Crippen LogP) is 3.75. The van der Waals surface area contributed by atoms with Crippen molar-refractivity contribution in [2.45, 2.75) is 52.5 Å². The normalized spacial score (nSPS) is 12.1. The summed E-state index contributed by atoms with van der Waals surface area (Å²) in [6.07, 6.45) is 2.93. The summed E-state index contributed by atoms with van der Waals surface area (Å²) in [5, 5.41) is 10.8. The fourth-order valence-electron chi connectivity index (χ4n) is 3.22. The second-order valence-corrected chi connectivity index (χ2v) is 6.80. The van der Waals surface area contributed by atoms with Gasteiger partial charge in [0.25, 0.3) is 0 Å². The molecule has 3 N–H and O–H groups in total. The molecule has 0 radical (unpaired) electrons. The van der Waals surface area contributed by atoms with E-state index >= 15 is 0 Å². The third-order valence-electron chi connectivity index (χ3n) is 4.81. The van der Waals surface area contributed by atoms with Gasteiger partial charge in [-0.1, -0.05) is 31.1 Å². The number of aromatic amines is 1. The molecule has 7 heteroatoms. The number of guanidine groups is 1. The summed E-state index contributed by atoms with van der Waals surface area (Å²) in [4.78, 5) is 12.6. The van der Waals surface area contributed by atoms with Crippen LogP contribution in [0.4, 0.5) is 0 Å². The third kappa shape index (κ3) is 5.12. The van der Waals surface area contributed by atoms with Crippen LogP contribution in [0, 0.1) is 0 Å². The summed E-state index contributed by atoms with van der Waals surface area (Å²) in [5.74, 6) is 2.97. The van der Waals surface area contributed by atoms with E-state index in [1.54, 1.807) is 0 Å². The van der Waals surface area contributed by atoms with Crippen molar-refractivity contribution in [3.63, 3.8) is 0 Å². The van der Waals surface area contributed by atoms with Gasteiger partial charge in [-0.25, -0.2) is 9.98 Å². The molecule has 7 nitrogen and oxygen atoms in total. The van der Waals surface area contributed by atoms with Crippen molar-refractivity contribution in [2.24, 2.45) is 4.99 Å². The summed E-state index contributed by atoms with van der Waals surface area (Å²) < 4.78 is 5.46. The number of nitrogens with zero attached hydrogens (tertiary/aromatic N) is 3. The highest BCUT2D eigenvalue weighted by atomic mass is 16.5. The molecule has 0 unspecified atom stereocenters. The molecule has 0 saturated carbocycles. The van der Waals surface area contributed by atoms with E-state index in [4.69, 9.17) is 4.52 Å². The van der Waals surface area contributed by atoms with E-state index in [2.05, 4.69) is 51.5 Å². The molecule has 0 fully saturated rings. The van der Waals surface area contributed by atoms with Crippen molar-refractivity contribution in [1.29, 1.82) is 0 Å². The van der Waals surface area contributed by atoms with Gasteiger partial charge in [-0.3, -0.25) is 0 Å². The Morgan fingerprint density at radius 3 is 2.75 bits per heavy atom. The first-order valence-corrected chi connectivity index (χ1v) is 10.1. The van der Waals surface area contributed by atoms with Crippen LogP contribution in [0.5, 0.6) is 0 Å². The highest BCUT2D eigenvalue weighted by Crippen LogP contribution is 2.22. The van der Waals surface area contributed by atoms with Gasteiger partial charge in [0, 0.05) is 31.5 Å². The highest BCUT2D eigenvalue weighted by Gasteiger charge is 2.12. The predicted molar refractivity (Wildman–Crippen MR) is 112 cm³/mol. The lowest BCUT2D eigenvalue weighted by Crippen LogP contribution is -2.38. The minimum atomic E-state index is 0.455. The summed E-state index contributed by atoms with van der Waals surface area (Å²) in [5.41, 5.74) is 3.09. The molecular formula is C21H30N6O. The number of H-pyrrole nitrogens is 1. The quantitative estimate of drug-likeness (QED) is 0.387. The maximum absolute atomic E-state index is 5.46. The van der Waals surface area contributed by atoms with Crippen molar-refractivity contribution < 1.29 is 4.52 Å². The minimum Gasteiger partial charge on any atom is -0.359 e. The SMILES string of the molecule is CCNC(=NCc1cc(C(CC)CC)no1)NCCc1nc2ccccc2[nH]1. The van der Waals surface area contributed by atoms with Crippen molar-refractivity contribution in [2.75, 3.05) is 13.1 Å². The lowest BCUT2D eigenvalue weighted by atomic mass is 9.99. The number of rotatable bonds is 9. The lowest BCUT2D eigenvalue weighted by Gasteiger charge is -2.10. The molecule has 0 aliphatic heterocycles. The van der Waals surface area contributed by atoms with Crippen molar-refractivity contribution >= 4 is 17.0 Å². The molecule has 150 valence electrons. The summed E-state index contributed by atoms with van der Waals surface area (Å²) in [7, 11) is 0. The van der Waals surface area contributed by atoms with Gasteiger partial charge in [-0.05, 0) is 31.9 Å². The smallest absolute Gasteiger partial charge is 0.191 e. The molecular weight excluding hydrogens is 352 g/mol. The Balaban J connectivity index is 1.55. The first-order valence-electron chi connectivity index (χ1n) is 10.1. The first kappa shape index (κ1) is 19.9. The Bertz CT molecular complexity index is 860. The Hall–Kier alpha value is -2.83. The van der Waals surface area contributed by atoms with E-state index in [1.165, 1.54) is 0 Å². The fraction of sp³-hybridized carbons (Fsp3) is 0.476. The number of hydrogen-bond donors (Lipinski definition) is 3. The Morgan fingerprint density at radius 2 is 2.00 bits per heavy atom. The molecule has 3 aromatic rings. The maximum atomic E-state index is 5.46. The van der Waals surface area contributed by atoms with Gasteiger partial charge >= 0.3 is 0 Å². The second kappa shape index (κ2) is 9.92. The number of imidazole rings is 1. The molecule has 0 saturated heterocycles. The van der Waals surface area contributed by atoms with Gasteiger partial charge in [-0.2, -0.15) is 0 Å². The molecule has 3 rings (SSSR count). The van der Waals surface area contributed by atoms with E-state index < -0.39 is 0 Å². The standard InChI is InChI=1S/C21H30N6O/c1-4-15(5-2)19-13-16(28-27-19)14-24-21(22-6-3)23-12-11-20-25-17-9-7-8-10-18(17)26-20/h7-10,13,15H,4-6,11-12,14H2,1-3H3,(H,25,26)(H2,22,23,24). The van der Waals surface area contributed by atoms with Crippen LogP contribution in [0.15, 0.2) is 39.8 Å². The van der Waals surface area contributed by atoms with Crippen LogP contribution in [-0.4, -0.2) is 34.2 Å². The molecule has 2 aromatic heterocycles. The molecule has 1 aromatic carbocycles. The number of benzene rings is 1. The van der Waals surface area contributed by atoms with Gasteiger partial charge in [-0.15, -0.1) is 0 Å². The number of fused-ring (bicyclic) bond motifs is 1. The largest absolute Gasteiger partial charge is 0.359 e. The molecule has 0 aliphatic rings. The number of aromatic nitrogens is 3. The Morgan fingerprint density at radius 1 is 1.18 bits per heavy atom. The monoisotopic (exact) mass is 382 g/mol. The molecule has 0 aliphatic carbocycles. The van der Waals surface area contributed by atoms with Crippen LogP contribution in [0.2, 0.25) is 0 Å². The average molecular weight is 383 g/mol. The lowest BCUT2D eigenvalue weighted by molar-refractivity contribution is 0.372. The molecule has 28 heavy (non-hydrogen) atoms. The van der Waals surface area contributed by atoms with Crippen molar-refractivity contribution in [1.82, 2.24) is 25.8 Å². The van der Waals surface area contributed by atoms with Gasteiger partial charge in [0.2, 0.25) is 0 Å². The van der Waals surface area contributed by atoms with Gasteiger partial charge in [0.05, 0.1) is 16.7 Å². The van der Waals surface area contributed by atoms with E-state index in [1.807, 2.05) is 30.3 Å². The zero-order valence-electron chi connectivity index (χ0n) is 17.0. The second-order valence-electron chi connectivity index (χ2n) is 6.80. The zero-order chi connectivity index (χ0) is 19.8. The average Bonchev–Trinajstić information content (AvgIpc) is 3.34. The van der Waals surface area contributed by atoms with E-state index in [9.17, 15) is 0 Å². The Kier molecular flexibility index (Phi) is 7.06. The summed E-state index contributed by atoms with van der Waals surface area (Å²) in [6, 6.07) is 10.1. The topological polar surface area (TPSA) is 91.1 Å². The third-order valence-corrected chi connectivity index (χ3v) is 4.81. The van der Waals surface area contributed by atoms with Crippen LogP contribution in [0.3, 0.4) is 0 Å². The summed E-state index contributed by atoms with van der Waals surface area (Å²) in [6.45, 7) is 8.40. The fourth-order valence-corrected chi connectivity index (χ4v) is 3.22. The van der Waals surface area contributed by atoms with Gasteiger partial charge in [0.1, 0.15) is 12.4 Å². The Labute approximate surface area is 166 Å². The number of nitrogens with one attached hydrogen (secondary N) is 3. The van der Waals surface area contributed by atoms with E-state index in [0.717, 1.165) is 66.6 Å². The van der Waals surface area contributed by atoms with Crippen LogP contribution < -0.4 is 10.6 Å². The molecule has 0 amide bonds. The van der Waals surface area contributed by atoms with Crippen LogP contribution in [-0.2, 0) is 13.0 Å². The summed E-state index contributed by atoms with van der Waals surface area (Å²) >= 11 is 0. The van der Waals surface area contributed by atoms with Crippen molar-refractivity contribution in [3.8, 4) is 0 Å². The van der Waals surface area contributed by atoms with Crippen LogP contribution >= 0.6 is 0 Å². The first-order chi connectivity index (χ1) is 13.7. The molecule has 0 atom stereocenters. The van der Waals surface area contributed by atoms with Gasteiger partial charge < -0.3 is 20.1 Å². The van der Waals surface area contributed by atoms with Gasteiger partial charge in [0.15, 0.2) is 11.7 Å². The number of aliphatic imine (C=N–C) groups is 1.